The molecule has 0 saturated carbocycles. The minimum atomic E-state index is -0.543. The van der Waals surface area contributed by atoms with E-state index in [1.54, 1.807) is 12.1 Å². The highest BCUT2D eigenvalue weighted by Gasteiger charge is 2.21. The summed E-state index contributed by atoms with van der Waals surface area (Å²) >= 11 is 0. The highest BCUT2D eigenvalue weighted by atomic mass is 16.5. The first-order valence-electron chi connectivity index (χ1n) is 8.28. The number of nitrogens with one attached hydrogen (secondary N) is 2. The predicted octanol–water partition coefficient (Wildman–Crippen LogP) is 1.27. The van der Waals surface area contributed by atoms with Crippen LogP contribution in [0.15, 0.2) is 30.3 Å². The van der Waals surface area contributed by atoms with Crippen LogP contribution < -0.4 is 15.4 Å². The molecule has 0 bridgehead atoms. The van der Waals surface area contributed by atoms with Crippen LogP contribution in [-0.4, -0.2) is 56.5 Å². The van der Waals surface area contributed by atoms with Crippen molar-refractivity contribution < 1.29 is 14.3 Å². The van der Waals surface area contributed by atoms with Crippen molar-refractivity contribution in [2.45, 2.75) is 26.3 Å². The second-order valence-electron chi connectivity index (χ2n) is 6.45. The highest BCUT2D eigenvalue weighted by molar-refractivity contribution is 5.88. The molecular weight excluding hydrogens is 306 g/mol. The first-order valence-corrected chi connectivity index (χ1v) is 8.28. The summed E-state index contributed by atoms with van der Waals surface area (Å²) in [5, 5.41) is 5.63. The minimum absolute atomic E-state index is 0.108. The van der Waals surface area contributed by atoms with Crippen molar-refractivity contribution in [2.75, 3.05) is 33.8 Å². The molecule has 0 aliphatic rings. The Morgan fingerprint density at radius 3 is 2.42 bits per heavy atom. The quantitative estimate of drug-likeness (QED) is 0.676. The van der Waals surface area contributed by atoms with E-state index >= 15 is 0 Å². The average Bonchev–Trinajstić information content (AvgIpc) is 2.52. The standard InChI is InChI=1S/C18H29N3O3/c1-14(2)12-16(18(23)19-10-11-21(3)4)20-17(22)13-24-15-8-6-5-7-9-15/h5-9,14,16H,10-13H2,1-4H3,(H,19,23)(H,20,22). The highest BCUT2D eigenvalue weighted by Crippen LogP contribution is 2.08. The molecule has 1 aromatic rings. The number of para-hydroxylation sites is 1. The van der Waals surface area contributed by atoms with Gasteiger partial charge < -0.3 is 20.3 Å². The normalized spacial score (nSPS) is 12.1. The number of benzene rings is 1. The van der Waals surface area contributed by atoms with Crippen LogP contribution in [0.2, 0.25) is 0 Å². The lowest BCUT2D eigenvalue weighted by molar-refractivity contribution is -0.130. The number of ether oxygens (including phenoxy) is 1. The molecule has 6 nitrogen and oxygen atoms in total. The molecule has 6 heteroatoms. The molecule has 0 aromatic heterocycles. The van der Waals surface area contributed by atoms with Crippen molar-refractivity contribution in [1.29, 1.82) is 0 Å². The van der Waals surface area contributed by atoms with Crippen LogP contribution >= 0.6 is 0 Å². The van der Waals surface area contributed by atoms with E-state index in [9.17, 15) is 9.59 Å². The summed E-state index contributed by atoms with van der Waals surface area (Å²) in [5.74, 6) is 0.472. The smallest absolute Gasteiger partial charge is 0.258 e. The van der Waals surface area contributed by atoms with Crippen molar-refractivity contribution in [3.05, 3.63) is 30.3 Å². The van der Waals surface area contributed by atoms with Gasteiger partial charge in [0, 0.05) is 13.1 Å². The van der Waals surface area contributed by atoms with E-state index in [1.165, 1.54) is 0 Å². The Morgan fingerprint density at radius 1 is 1.17 bits per heavy atom. The molecule has 134 valence electrons. The van der Waals surface area contributed by atoms with E-state index in [0.717, 1.165) is 6.54 Å². The first-order chi connectivity index (χ1) is 11.4. The molecule has 1 rings (SSSR count). The fraction of sp³-hybridized carbons (Fsp3) is 0.556. The molecule has 0 radical (unpaired) electrons. The van der Waals surface area contributed by atoms with Gasteiger partial charge in [-0.25, -0.2) is 0 Å². The Balaban J connectivity index is 2.48. The third-order valence-corrected chi connectivity index (χ3v) is 3.33. The topological polar surface area (TPSA) is 70.7 Å². The number of hydrogen-bond acceptors (Lipinski definition) is 4. The van der Waals surface area contributed by atoms with E-state index in [-0.39, 0.29) is 18.4 Å². The first kappa shape index (κ1) is 20.0. The van der Waals surface area contributed by atoms with E-state index in [2.05, 4.69) is 10.6 Å². The number of hydrogen-bond donors (Lipinski definition) is 2. The lowest BCUT2D eigenvalue weighted by atomic mass is 10.0. The van der Waals surface area contributed by atoms with Crippen molar-refractivity contribution in [3.63, 3.8) is 0 Å². The summed E-state index contributed by atoms with van der Waals surface area (Å²) in [5.41, 5.74) is 0. The van der Waals surface area contributed by atoms with E-state index in [4.69, 9.17) is 4.74 Å². The summed E-state index contributed by atoms with van der Waals surface area (Å²) in [6, 6.07) is 8.59. The molecule has 0 fully saturated rings. The SMILES string of the molecule is CC(C)CC(NC(=O)COc1ccccc1)C(=O)NCCN(C)C. The van der Waals surface area contributed by atoms with Gasteiger partial charge in [-0.2, -0.15) is 0 Å². The predicted molar refractivity (Wildman–Crippen MR) is 94.9 cm³/mol. The van der Waals surface area contributed by atoms with Crippen molar-refractivity contribution in [1.82, 2.24) is 15.5 Å². The Kier molecular flexibility index (Phi) is 8.86. The van der Waals surface area contributed by atoms with Gasteiger partial charge in [0.25, 0.3) is 5.91 Å². The Morgan fingerprint density at radius 2 is 1.83 bits per heavy atom. The second kappa shape index (κ2) is 10.6. The van der Waals surface area contributed by atoms with Gasteiger partial charge in [0.1, 0.15) is 11.8 Å². The van der Waals surface area contributed by atoms with Gasteiger partial charge in [-0.3, -0.25) is 9.59 Å². The van der Waals surface area contributed by atoms with Crippen molar-refractivity contribution >= 4 is 11.8 Å². The maximum Gasteiger partial charge on any atom is 0.258 e. The van der Waals surface area contributed by atoms with Gasteiger partial charge in [-0.15, -0.1) is 0 Å². The monoisotopic (exact) mass is 335 g/mol. The van der Waals surface area contributed by atoms with Crippen LogP contribution in [0, 0.1) is 5.92 Å². The molecule has 1 unspecified atom stereocenters. The van der Waals surface area contributed by atoms with Crippen molar-refractivity contribution in [2.24, 2.45) is 5.92 Å². The lowest BCUT2D eigenvalue weighted by Crippen LogP contribution is -2.49. The van der Waals surface area contributed by atoms with Gasteiger partial charge in [-0.05, 0) is 38.6 Å². The Hall–Kier alpha value is -2.08. The summed E-state index contributed by atoms with van der Waals surface area (Å²) in [4.78, 5) is 26.3. The largest absolute Gasteiger partial charge is 0.484 e. The lowest BCUT2D eigenvalue weighted by Gasteiger charge is -2.21. The van der Waals surface area contributed by atoms with E-state index in [1.807, 2.05) is 51.0 Å². The molecule has 0 aliphatic heterocycles. The van der Waals surface area contributed by atoms with Gasteiger partial charge >= 0.3 is 0 Å². The van der Waals surface area contributed by atoms with Crippen LogP contribution in [0.4, 0.5) is 0 Å². The summed E-state index contributed by atoms with van der Waals surface area (Å²) in [7, 11) is 3.89. The third kappa shape index (κ3) is 8.53. The number of rotatable bonds is 10. The molecule has 0 aliphatic carbocycles. The summed E-state index contributed by atoms with van der Waals surface area (Å²) in [6.45, 7) is 5.24. The van der Waals surface area contributed by atoms with Crippen LogP contribution in [0.5, 0.6) is 5.75 Å². The zero-order valence-electron chi connectivity index (χ0n) is 15.0. The fourth-order valence-corrected chi connectivity index (χ4v) is 2.13. The van der Waals surface area contributed by atoms with Gasteiger partial charge in [-0.1, -0.05) is 32.0 Å². The molecular formula is C18H29N3O3. The van der Waals surface area contributed by atoms with E-state index in [0.29, 0.717) is 24.6 Å². The molecule has 1 atom stereocenters. The minimum Gasteiger partial charge on any atom is -0.484 e. The van der Waals surface area contributed by atoms with E-state index < -0.39 is 6.04 Å². The van der Waals surface area contributed by atoms with Gasteiger partial charge in [0.05, 0.1) is 0 Å². The number of amides is 2. The van der Waals surface area contributed by atoms with Crippen LogP contribution in [0.3, 0.4) is 0 Å². The molecule has 2 amide bonds. The zero-order valence-corrected chi connectivity index (χ0v) is 15.0. The Labute approximate surface area is 144 Å². The number of carbonyl (C=O) groups excluding carboxylic acids is 2. The van der Waals surface area contributed by atoms with Crippen LogP contribution in [0.25, 0.3) is 0 Å². The second-order valence-corrected chi connectivity index (χ2v) is 6.45. The molecule has 24 heavy (non-hydrogen) atoms. The molecule has 0 saturated heterocycles. The summed E-state index contributed by atoms with van der Waals surface area (Å²) in [6.07, 6.45) is 0.588. The molecule has 0 heterocycles. The van der Waals surface area contributed by atoms with Gasteiger partial charge in [0.15, 0.2) is 6.61 Å². The molecule has 0 spiro atoms. The Bertz CT molecular complexity index is 503. The molecule has 1 aromatic carbocycles. The number of nitrogens with zero attached hydrogens (tertiary/aromatic N) is 1. The maximum absolute atomic E-state index is 12.3. The number of carbonyl (C=O) groups is 2. The van der Waals surface area contributed by atoms with Gasteiger partial charge in [0.2, 0.25) is 5.91 Å². The molecule has 2 N–H and O–H groups in total. The van der Waals surface area contributed by atoms with Crippen molar-refractivity contribution in [3.8, 4) is 5.75 Å². The third-order valence-electron chi connectivity index (χ3n) is 3.33. The van der Waals surface area contributed by atoms with Crippen LogP contribution in [-0.2, 0) is 9.59 Å². The zero-order chi connectivity index (χ0) is 17.9. The maximum atomic E-state index is 12.3. The number of likely N-dealkylation sites (N-methyl/N-ethyl adjacent to an activating group) is 1. The van der Waals surface area contributed by atoms with Crippen LogP contribution in [0.1, 0.15) is 20.3 Å². The summed E-state index contributed by atoms with van der Waals surface area (Å²) < 4.78 is 5.42. The fourth-order valence-electron chi connectivity index (χ4n) is 2.13. The average molecular weight is 335 g/mol.